The predicted molar refractivity (Wildman–Crippen MR) is 142 cm³/mol. The number of likely N-dealkylation sites (tertiary alicyclic amines) is 1. The Labute approximate surface area is 210 Å². The van der Waals surface area contributed by atoms with Crippen LogP contribution < -0.4 is 5.32 Å². The second-order valence-electron chi connectivity index (χ2n) is 7.97. The van der Waals surface area contributed by atoms with Crippen molar-refractivity contribution < 1.29 is 14.9 Å². The molecule has 0 aromatic carbocycles. The summed E-state index contributed by atoms with van der Waals surface area (Å²) in [5.74, 6) is 0.863. The Morgan fingerprint density at radius 1 is 1.09 bits per heavy atom. The van der Waals surface area contributed by atoms with Crippen LogP contribution in [-0.4, -0.2) is 79.8 Å². The van der Waals surface area contributed by atoms with Gasteiger partial charge in [-0.15, -0.1) is 0 Å². The minimum absolute atomic E-state index is 0.295. The minimum atomic E-state index is 0.295. The summed E-state index contributed by atoms with van der Waals surface area (Å²) >= 11 is 5.37. The van der Waals surface area contributed by atoms with E-state index in [-0.39, 0.29) is 0 Å². The Bertz CT molecular complexity index is 807. The van der Waals surface area contributed by atoms with Gasteiger partial charge in [-0.1, -0.05) is 26.7 Å². The molecule has 1 aliphatic heterocycles. The van der Waals surface area contributed by atoms with Gasteiger partial charge in [0.25, 0.3) is 5.17 Å². The monoisotopic (exact) mass is 496 g/mol. The number of thiocarbonyl (C=S) groups is 1. The molecule has 2 aromatic heterocycles. The van der Waals surface area contributed by atoms with E-state index >= 15 is 0 Å². The molecule has 10 heteroatoms. The number of ether oxygens (including phenoxy) is 1. The Morgan fingerprint density at radius 3 is 2.38 bits per heavy atom. The molecule has 0 spiro atoms. The van der Waals surface area contributed by atoms with Gasteiger partial charge >= 0.3 is 0 Å². The van der Waals surface area contributed by atoms with Crippen LogP contribution in [0.2, 0.25) is 0 Å². The quantitative estimate of drug-likeness (QED) is 0.384. The largest absolute Gasteiger partial charge is 0.471 e. The van der Waals surface area contributed by atoms with E-state index in [1.807, 2.05) is 20.2 Å². The van der Waals surface area contributed by atoms with Crippen molar-refractivity contribution >= 4 is 34.4 Å². The van der Waals surface area contributed by atoms with Crippen LogP contribution in [0.5, 0.6) is 0 Å². The topological polar surface area (TPSA) is 109 Å². The molecular weight excluding hydrogens is 452 g/mol. The first-order chi connectivity index (χ1) is 16.7. The van der Waals surface area contributed by atoms with E-state index in [1.165, 1.54) is 38.5 Å². The molecule has 0 radical (unpaired) electrons. The summed E-state index contributed by atoms with van der Waals surface area (Å²) in [6.45, 7) is 8.93. The van der Waals surface area contributed by atoms with Crippen molar-refractivity contribution in [2.75, 3.05) is 39.2 Å². The van der Waals surface area contributed by atoms with Crippen molar-refractivity contribution in [3.05, 3.63) is 12.7 Å². The molecular formula is C24H44N6O3S. The second kappa shape index (κ2) is 17.4. The first-order valence-electron chi connectivity index (χ1n) is 12.5. The smallest absolute Gasteiger partial charge is 0.259 e. The van der Waals surface area contributed by atoms with Crippen LogP contribution in [0.4, 0.5) is 5.82 Å². The number of aliphatic hydroxyl groups excluding tert-OH is 2. The number of hydrogen-bond acceptors (Lipinski definition) is 8. The summed E-state index contributed by atoms with van der Waals surface area (Å²) in [5.41, 5.74) is 1.77. The molecule has 0 bridgehead atoms. The number of fused-ring (bicyclic) bond motifs is 1. The normalized spacial score (nSPS) is 15.9. The van der Waals surface area contributed by atoms with E-state index in [0.717, 1.165) is 57.1 Å². The van der Waals surface area contributed by atoms with Crippen molar-refractivity contribution in [1.29, 1.82) is 0 Å². The summed E-state index contributed by atoms with van der Waals surface area (Å²) in [7, 11) is 2.00. The maximum Gasteiger partial charge on any atom is 0.259 e. The number of nitrogens with one attached hydrogen (secondary N) is 1. The van der Waals surface area contributed by atoms with Gasteiger partial charge in [-0.3, -0.25) is 0 Å². The fourth-order valence-corrected chi connectivity index (χ4v) is 4.48. The van der Waals surface area contributed by atoms with Gasteiger partial charge in [0.1, 0.15) is 11.8 Å². The molecule has 9 nitrogen and oxygen atoms in total. The van der Waals surface area contributed by atoms with Crippen LogP contribution in [0.15, 0.2) is 12.7 Å². The van der Waals surface area contributed by atoms with E-state index in [2.05, 4.69) is 36.7 Å². The van der Waals surface area contributed by atoms with Crippen LogP contribution in [0.1, 0.15) is 78.2 Å². The molecule has 194 valence electrons. The molecule has 1 aliphatic carbocycles. The van der Waals surface area contributed by atoms with Gasteiger partial charge in [0.05, 0.1) is 12.9 Å². The van der Waals surface area contributed by atoms with E-state index in [1.54, 1.807) is 6.33 Å². The predicted octanol–water partition coefficient (Wildman–Crippen LogP) is 4.16. The summed E-state index contributed by atoms with van der Waals surface area (Å²) < 4.78 is 7.92. The van der Waals surface area contributed by atoms with Crippen molar-refractivity contribution in [3.8, 4) is 0 Å². The summed E-state index contributed by atoms with van der Waals surface area (Å²) in [5, 5.41) is 18.2. The third kappa shape index (κ3) is 8.63. The fraction of sp³-hybridized carbons (Fsp3) is 0.750. The van der Waals surface area contributed by atoms with Crippen molar-refractivity contribution in [3.63, 3.8) is 0 Å². The maximum atomic E-state index is 7.00. The molecule has 4 rings (SSSR count). The zero-order chi connectivity index (χ0) is 25.3. The molecule has 3 heterocycles. The molecule has 1 saturated heterocycles. The third-order valence-corrected chi connectivity index (χ3v) is 6.26. The van der Waals surface area contributed by atoms with Crippen LogP contribution in [0.3, 0.4) is 0 Å². The van der Waals surface area contributed by atoms with Crippen LogP contribution in [0.25, 0.3) is 11.2 Å². The zero-order valence-electron chi connectivity index (χ0n) is 21.5. The summed E-state index contributed by atoms with van der Waals surface area (Å²) in [6.07, 6.45) is 12.9. The Morgan fingerprint density at radius 2 is 1.74 bits per heavy atom. The Hall–Kier alpha value is -2.04. The van der Waals surface area contributed by atoms with Gasteiger partial charge < -0.3 is 29.7 Å². The average Bonchev–Trinajstić information content (AvgIpc) is 3.68. The highest BCUT2D eigenvalue weighted by Gasteiger charge is 2.19. The molecule has 1 unspecified atom stereocenters. The Kier molecular flexibility index (Phi) is 15.4. The van der Waals surface area contributed by atoms with Crippen LogP contribution >= 0.6 is 12.2 Å². The lowest BCUT2D eigenvalue weighted by Crippen LogP contribution is -2.28. The SMILES string of the molecule is CC.CC(CCCOC(=S)N1CCCC1)n1cnc2c(NC3CCCC3)ncnc21.CO.CO. The van der Waals surface area contributed by atoms with Gasteiger partial charge in [0, 0.05) is 39.4 Å². The highest BCUT2D eigenvalue weighted by Crippen LogP contribution is 2.26. The third-order valence-electron chi connectivity index (χ3n) is 5.89. The molecule has 1 atom stereocenters. The highest BCUT2D eigenvalue weighted by molar-refractivity contribution is 7.80. The Balaban J connectivity index is 0.000000894. The van der Waals surface area contributed by atoms with Gasteiger partial charge in [-0.2, -0.15) is 0 Å². The summed E-state index contributed by atoms with van der Waals surface area (Å²) in [6, 6.07) is 0.806. The number of hydrogen-bond donors (Lipinski definition) is 3. The number of rotatable bonds is 7. The van der Waals surface area contributed by atoms with Crippen molar-refractivity contribution in [2.45, 2.75) is 84.2 Å². The van der Waals surface area contributed by atoms with Gasteiger partial charge in [-0.25, -0.2) is 15.0 Å². The summed E-state index contributed by atoms with van der Waals surface area (Å²) in [4.78, 5) is 15.7. The maximum absolute atomic E-state index is 7.00. The molecule has 2 aliphatic rings. The fourth-order valence-electron chi connectivity index (χ4n) is 4.21. The zero-order valence-corrected chi connectivity index (χ0v) is 22.4. The van der Waals surface area contributed by atoms with Gasteiger partial charge in [-0.05, 0) is 57.7 Å². The van der Waals surface area contributed by atoms with Crippen LogP contribution in [-0.2, 0) is 4.74 Å². The molecule has 34 heavy (non-hydrogen) atoms. The van der Waals surface area contributed by atoms with E-state index in [4.69, 9.17) is 27.2 Å². The van der Waals surface area contributed by atoms with Gasteiger partial charge in [0.15, 0.2) is 11.5 Å². The molecule has 2 aromatic rings. The van der Waals surface area contributed by atoms with E-state index in [0.29, 0.717) is 23.9 Å². The first kappa shape index (κ1) is 30.0. The molecule has 0 amide bonds. The molecule has 2 fully saturated rings. The lowest BCUT2D eigenvalue weighted by Gasteiger charge is -2.19. The number of imidazole rings is 1. The first-order valence-corrected chi connectivity index (χ1v) is 12.9. The average molecular weight is 497 g/mol. The minimum Gasteiger partial charge on any atom is -0.471 e. The molecule has 3 N–H and O–H groups in total. The number of nitrogens with zero attached hydrogens (tertiary/aromatic N) is 5. The van der Waals surface area contributed by atoms with Gasteiger partial charge in [0.2, 0.25) is 0 Å². The highest BCUT2D eigenvalue weighted by atomic mass is 32.1. The number of anilines is 1. The number of aliphatic hydroxyl groups is 2. The van der Waals surface area contributed by atoms with Crippen LogP contribution in [0, 0.1) is 0 Å². The van der Waals surface area contributed by atoms with Crippen molar-refractivity contribution in [1.82, 2.24) is 24.4 Å². The number of aromatic nitrogens is 4. The second-order valence-corrected chi connectivity index (χ2v) is 8.32. The molecule has 1 saturated carbocycles. The van der Waals surface area contributed by atoms with E-state index < -0.39 is 0 Å². The van der Waals surface area contributed by atoms with E-state index in [9.17, 15) is 0 Å². The standard InChI is InChI=1S/C20H30N6OS.C2H6.2CH4O/c1-15(7-6-12-27-20(28)25-10-4-5-11-25)26-14-23-17-18(21-13-22-19(17)26)24-16-8-2-3-9-16;3*1-2/h13-16H,2-12H2,1H3,(H,21,22,24);1-2H3;2*2H,1H3. The lowest BCUT2D eigenvalue weighted by atomic mass is 10.2. The van der Waals surface area contributed by atoms with Crippen molar-refractivity contribution in [2.24, 2.45) is 0 Å². The lowest BCUT2D eigenvalue weighted by molar-refractivity contribution is 0.244.